The summed E-state index contributed by atoms with van der Waals surface area (Å²) in [6.45, 7) is 1.19. The predicted molar refractivity (Wildman–Crippen MR) is 111 cm³/mol. The van der Waals surface area contributed by atoms with E-state index in [2.05, 4.69) is 0 Å². The van der Waals surface area contributed by atoms with Gasteiger partial charge >= 0.3 is 0 Å². The number of rotatable bonds is 9. The van der Waals surface area contributed by atoms with Crippen LogP contribution in [0, 0.1) is 11.6 Å². The van der Waals surface area contributed by atoms with Crippen molar-refractivity contribution in [3.63, 3.8) is 0 Å². The second kappa shape index (κ2) is 9.51. The molecule has 1 saturated heterocycles. The Morgan fingerprint density at radius 3 is 2.38 bits per heavy atom. The molecule has 2 aromatic rings. The average molecular weight is 463 g/mol. The van der Waals surface area contributed by atoms with Gasteiger partial charge in [-0.2, -0.15) is 0 Å². The number of nitrogens with zero attached hydrogens (tertiary/aromatic N) is 2. The molecule has 158 valence electrons. The highest BCUT2D eigenvalue weighted by Gasteiger charge is 2.27. The van der Waals surface area contributed by atoms with Crippen LogP contribution in [0.1, 0.15) is 19.3 Å². The lowest BCUT2D eigenvalue weighted by Crippen LogP contribution is -2.43. The van der Waals surface area contributed by atoms with Crippen LogP contribution < -0.4 is 4.31 Å². The van der Waals surface area contributed by atoms with E-state index in [1.54, 1.807) is 24.3 Å². The van der Waals surface area contributed by atoms with Crippen LogP contribution in [-0.2, 0) is 21.0 Å². The van der Waals surface area contributed by atoms with Crippen molar-refractivity contribution >= 4 is 38.3 Å². The van der Waals surface area contributed by atoms with Crippen LogP contribution in [0.2, 0.25) is 5.02 Å². The van der Waals surface area contributed by atoms with Gasteiger partial charge in [0.05, 0.1) is 16.3 Å². The Labute approximate surface area is 176 Å². The Hall–Kier alpha value is -1.55. The molecular formula is C19H21ClF2N2O3S2. The molecule has 10 heteroatoms. The van der Waals surface area contributed by atoms with Crippen molar-refractivity contribution in [2.45, 2.75) is 24.2 Å². The first-order valence-electron chi connectivity index (χ1n) is 9.16. The molecule has 0 aliphatic carbocycles. The van der Waals surface area contributed by atoms with Crippen molar-refractivity contribution in [2.75, 3.05) is 29.7 Å². The molecule has 5 nitrogen and oxygen atoms in total. The maximum absolute atomic E-state index is 14.4. The second-order valence-electron chi connectivity index (χ2n) is 6.68. The van der Waals surface area contributed by atoms with Crippen LogP contribution in [0.4, 0.5) is 14.5 Å². The van der Waals surface area contributed by atoms with Gasteiger partial charge in [-0.25, -0.2) is 25.7 Å². The summed E-state index contributed by atoms with van der Waals surface area (Å²) in [7, 11) is -5.10. The Morgan fingerprint density at radius 1 is 1.07 bits per heavy atom. The van der Waals surface area contributed by atoms with Crippen molar-refractivity contribution in [1.82, 2.24) is 4.31 Å². The normalized spacial score (nSPS) is 15.7. The first-order chi connectivity index (χ1) is 13.8. The molecule has 1 heterocycles. The highest BCUT2D eigenvalue weighted by atomic mass is 35.5. The van der Waals surface area contributed by atoms with Crippen LogP contribution in [0.5, 0.6) is 0 Å². The van der Waals surface area contributed by atoms with Crippen molar-refractivity contribution in [2.24, 2.45) is 0 Å². The SMILES string of the molecule is O=S(c1ccc(Cl)cc1)N(CCCCS(=O)(=O)N1CCC1)c1cc(F)ccc1F. The maximum atomic E-state index is 14.4. The molecule has 1 atom stereocenters. The van der Waals surface area contributed by atoms with Gasteiger partial charge in [-0.3, -0.25) is 4.31 Å². The number of unbranched alkanes of at least 4 members (excludes halogenated alkanes) is 1. The second-order valence-corrected chi connectivity index (χ2v) is 10.6. The van der Waals surface area contributed by atoms with Crippen molar-refractivity contribution in [3.05, 3.63) is 59.1 Å². The zero-order valence-electron chi connectivity index (χ0n) is 15.6. The van der Waals surface area contributed by atoms with Gasteiger partial charge in [-0.05, 0) is 55.7 Å². The first-order valence-corrected chi connectivity index (χ1v) is 12.3. The monoisotopic (exact) mass is 462 g/mol. The van der Waals surface area contributed by atoms with E-state index in [0.29, 0.717) is 35.8 Å². The molecule has 0 N–H and O–H groups in total. The van der Waals surface area contributed by atoms with Crippen LogP contribution in [-0.4, -0.2) is 42.3 Å². The highest BCUT2D eigenvalue weighted by Crippen LogP contribution is 2.26. The van der Waals surface area contributed by atoms with Crippen molar-refractivity contribution in [3.8, 4) is 0 Å². The van der Waals surface area contributed by atoms with Crippen LogP contribution in [0.3, 0.4) is 0 Å². The summed E-state index contributed by atoms with van der Waals surface area (Å²) in [4.78, 5) is 0.381. The van der Waals surface area contributed by atoms with Gasteiger partial charge in [0.15, 0.2) is 11.0 Å². The molecule has 0 aromatic heterocycles. The summed E-state index contributed by atoms with van der Waals surface area (Å²) in [5.74, 6) is -1.39. The van der Waals surface area contributed by atoms with Gasteiger partial charge in [-0.1, -0.05) is 11.6 Å². The van der Waals surface area contributed by atoms with E-state index in [-0.39, 0.29) is 18.0 Å². The summed E-state index contributed by atoms with van der Waals surface area (Å²) < 4.78 is 68.1. The molecule has 2 aromatic carbocycles. The molecule has 0 saturated carbocycles. The smallest absolute Gasteiger partial charge is 0.214 e. The number of benzene rings is 2. The standard InChI is InChI=1S/C19H21ClF2N2O3S2/c20-15-4-7-17(8-5-15)28(25)24(19-14-16(21)6-9-18(19)22)12-1-2-13-29(26,27)23-10-3-11-23/h4-9,14H,1-3,10-13H2. The largest absolute Gasteiger partial charge is 0.285 e. The average Bonchev–Trinajstić information content (AvgIpc) is 2.62. The maximum Gasteiger partial charge on any atom is 0.214 e. The van der Waals surface area contributed by atoms with Crippen LogP contribution >= 0.6 is 11.6 Å². The minimum absolute atomic E-state index is 0.0277. The zero-order chi connectivity index (χ0) is 21.0. The third-order valence-corrected chi connectivity index (χ3v) is 8.28. The Morgan fingerprint density at radius 2 is 1.76 bits per heavy atom. The molecule has 0 spiro atoms. The van der Waals surface area contributed by atoms with Crippen LogP contribution in [0.15, 0.2) is 47.4 Å². The van der Waals surface area contributed by atoms with Gasteiger partial charge in [0.1, 0.15) is 11.6 Å². The van der Waals surface area contributed by atoms with E-state index in [1.807, 2.05) is 0 Å². The fraction of sp³-hybridized carbons (Fsp3) is 0.368. The Kier molecular flexibility index (Phi) is 7.26. The van der Waals surface area contributed by atoms with Gasteiger partial charge in [0, 0.05) is 30.7 Å². The van der Waals surface area contributed by atoms with Gasteiger partial charge < -0.3 is 0 Å². The van der Waals surface area contributed by atoms with E-state index < -0.39 is 32.6 Å². The van der Waals surface area contributed by atoms with Gasteiger partial charge in [-0.15, -0.1) is 0 Å². The number of hydrogen-bond acceptors (Lipinski definition) is 3. The lowest BCUT2D eigenvalue weighted by Gasteiger charge is -2.30. The molecule has 0 radical (unpaired) electrons. The Bertz CT molecular complexity index is 983. The fourth-order valence-corrected chi connectivity index (χ4v) is 5.89. The molecule has 0 amide bonds. The van der Waals surface area contributed by atoms with E-state index in [0.717, 1.165) is 24.6 Å². The van der Waals surface area contributed by atoms with Crippen molar-refractivity contribution in [1.29, 1.82) is 0 Å². The summed E-state index contributed by atoms with van der Waals surface area (Å²) in [6, 6.07) is 9.18. The van der Waals surface area contributed by atoms with Crippen LogP contribution in [0.25, 0.3) is 0 Å². The van der Waals surface area contributed by atoms with E-state index >= 15 is 0 Å². The van der Waals surface area contributed by atoms with E-state index in [1.165, 1.54) is 8.61 Å². The van der Waals surface area contributed by atoms with Crippen molar-refractivity contribution < 1.29 is 21.4 Å². The number of hydrogen-bond donors (Lipinski definition) is 0. The quantitative estimate of drug-likeness (QED) is 0.530. The number of anilines is 1. The summed E-state index contributed by atoms with van der Waals surface area (Å²) in [6.07, 6.45) is 1.54. The Balaban J connectivity index is 1.74. The lowest BCUT2D eigenvalue weighted by molar-refractivity contribution is 0.309. The summed E-state index contributed by atoms with van der Waals surface area (Å²) in [5, 5.41) is 0.463. The topological polar surface area (TPSA) is 57.7 Å². The number of sulfonamides is 1. The van der Waals surface area contributed by atoms with Gasteiger partial charge in [0.25, 0.3) is 0 Å². The van der Waals surface area contributed by atoms with Gasteiger partial charge in [0.2, 0.25) is 10.0 Å². The highest BCUT2D eigenvalue weighted by molar-refractivity contribution is 7.89. The number of halogens is 3. The lowest BCUT2D eigenvalue weighted by atomic mass is 10.2. The molecule has 1 aliphatic rings. The first kappa shape index (κ1) is 22.1. The minimum Gasteiger partial charge on any atom is -0.285 e. The fourth-order valence-electron chi connectivity index (χ4n) is 2.88. The molecule has 3 rings (SSSR count). The predicted octanol–water partition coefficient (Wildman–Crippen LogP) is 3.96. The summed E-state index contributed by atoms with van der Waals surface area (Å²) in [5.41, 5.74) is -0.135. The van der Waals surface area contributed by atoms with E-state index in [4.69, 9.17) is 11.6 Å². The third kappa shape index (κ3) is 5.53. The minimum atomic E-state index is -3.29. The molecular weight excluding hydrogens is 442 g/mol. The molecule has 1 aliphatic heterocycles. The zero-order valence-corrected chi connectivity index (χ0v) is 17.9. The summed E-state index contributed by atoms with van der Waals surface area (Å²) >= 11 is 5.86. The van der Waals surface area contributed by atoms with E-state index in [9.17, 15) is 21.4 Å². The molecule has 0 bridgehead atoms. The third-order valence-electron chi connectivity index (χ3n) is 4.61. The molecule has 1 fully saturated rings. The molecule has 29 heavy (non-hydrogen) atoms. The molecule has 1 unspecified atom stereocenters.